The molecule has 0 amide bonds. The van der Waals surface area contributed by atoms with Crippen molar-refractivity contribution in [1.29, 1.82) is 0 Å². The smallest absolute Gasteiger partial charge is 0.223 e. The summed E-state index contributed by atoms with van der Waals surface area (Å²) in [7, 11) is 2.12. The average molecular weight is 489 g/mol. The van der Waals surface area contributed by atoms with E-state index < -0.39 is 0 Å². The van der Waals surface area contributed by atoms with Gasteiger partial charge in [-0.2, -0.15) is 15.1 Å². The molecule has 2 fully saturated rings. The molecular formula is C23H28N12O. The van der Waals surface area contributed by atoms with E-state index in [1.54, 1.807) is 12.3 Å². The van der Waals surface area contributed by atoms with Gasteiger partial charge in [0.2, 0.25) is 11.9 Å². The van der Waals surface area contributed by atoms with E-state index in [2.05, 4.69) is 57.5 Å². The average Bonchev–Trinajstić information content (AvgIpc) is 3.43. The molecular weight excluding hydrogens is 460 g/mol. The van der Waals surface area contributed by atoms with Crippen molar-refractivity contribution in [2.45, 2.75) is 25.2 Å². The Kier molecular flexibility index (Phi) is 5.60. The van der Waals surface area contributed by atoms with Crippen molar-refractivity contribution in [2.24, 2.45) is 0 Å². The number of nitrogens with two attached hydrogens (primary N) is 2. The van der Waals surface area contributed by atoms with Crippen molar-refractivity contribution < 1.29 is 4.52 Å². The fourth-order valence-electron chi connectivity index (χ4n) is 4.37. The lowest BCUT2D eigenvalue weighted by Gasteiger charge is -2.34. The Morgan fingerprint density at radius 1 is 1.06 bits per heavy atom. The molecule has 6 N–H and O–H groups in total. The summed E-state index contributed by atoms with van der Waals surface area (Å²) in [5.41, 5.74) is 15.1. The number of hydrogen-bond donors (Lipinski definition) is 4. The highest BCUT2D eigenvalue weighted by Gasteiger charge is 2.27. The van der Waals surface area contributed by atoms with Gasteiger partial charge in [-0.1, -0.05) is 5.16 Å². The number of nitrogens with zero attached hydrogens (tertiary/aromatic N) is 8. The van der Waals surface area contributed by atoms with Crippen LogP contribution in [-0.2, 0) is 6.42 Å². The zero-order chi connectivity index (χ0) is 24.6. The van der Waals surface area contributed by atoms with Crippen molar-refractivity contribution in [2.75, 3.05) is 54.9 Å². The van der Waals surface area contributed by atoms with Gasteiger partial charge in [0.05, 0.1) is 5.69 Å². The lowest BCUT2D eigenvalue weighted by atomic mass is 10.1. The van der Waals surface area contributed by atoms with Crippen LogP contribution in [0, 0.1) is 0 Å². The molecule has 4 aromatic rings. The number of aromatic amines is 1. The highest BCUT2D eigenvalue weighted by atomic mass is 16.5. The lowest BCUT2D eigenvalue weighted by molar-refractivity contribution is 0.311. The molecule has 1 saturated carbocycles. The predicted octanol–water partition coefficient (Wildman–Crippen LogP) is 1.77. The molecule has 6 rings (SSSR count). The van der Waals surface area contributed by atoms with Gasteiger partial charge in [0.25, 0.3) is 0 Å². The second-order valence-corrected chi connectivity index (χ2v) is 9.29. The van der Waals surface area contributed by atoms with Gasteiger partial charge in [0.15, 0.2) is 5.82 Å². The van der Waals surface area contributed by atoms with Crippen molar-refractivity contribution in [3.63, 3.8) is 0 Å². The standard InChI is InChI=1S/C23H28N12O/c1-34-6-8-35(9-7-34)21-15(10-14-11-18(33-36-14)16-4-5-26-22(24)27-16)20(29-23(25)30-21)28-19-12-17(31-32-19)13-2-3-13/h4-5,11-13H,2-3,6-10H2,1H3,(H2,24,26,27)(H4,25,28,29,30,31,32). The van der Waals surface area contributed by atoms with E-state index in [0.29, 0.717) is 41.1 Å². The van der Waals surface area contributed by atoms with Crippen molar-refractivity contribution >= 4 is 29.4 Å². The fraction of sp³-hybridized carbons (Fsp3) is 0.391. The fourth-order valence-corrected chi connectivity index (χ4v) is 4.37. The Morgan fingerprint density at radius 3 is 2.67 bits per heavy atom. The minimum absolute atomic E-state index is 0.178. The van der Waals surface area contributed by atoms with Crippen LogP contribution in [-0.4, -0.2) is 73.4 Å². The van der Waals surface area contributed by atoms with E-state index in [0.717, 1.165) is 43.3 Å². The molecule has 1 aliphatic heterocycles. The van der Waals surface area contributed by atoms with E-state index in [4.69, 9.17) is 16.0 Å². The first-order valence-electron chi connectivity index (χ1n) is 12.0. The third-order valence-corrected chi connectivity index (χ3v) is 6.51. The Balaban J connectivity index is 1.35. The van der Waals surface area contributed by atoms with E-state index >= 15 is 0 Å². The number of aromatic nitrogens is 7. The topological polar surface area (TPSA) is 177 Å². The Labute approximate surface area is 207 Å². The second kappa shape index (κ2) is 9.07. The van der Waals surface area contributed by atoms with Gasteiger partial charge in [-0.15, -0.1) is 0 Å². The van der Waals surface area contributed by atoms with Crippen LogP contribution in [0.2, 0.25) is 0 Å². The normalized spacial score (nSPS) is 16.4. The number of H-pyrrole nitrogens is 1. The molecule has 0 aromatic carbocycles. The zero-order valence-electron chi connectivity index (χ0n) is 20.0. The number of likely N-dealkylation sites (N-methyl/N-ethyl adjacent to an activating group) is 1. The summed E-state index contributed by atoms with van der Waals surface area (Å²) in [5.74, 6) is 3.63. The van der Waals surface area contributed by atoms with Gasteiger partial charge in [-0.05, 0) is 26.0 Å². The summed E-state index contributed by atoms with van der Waals surface area (Å²) in [5, 5.41) is 15.1. The van der Waals surface area contributed by atoms with Crippen LogP contribution < -0.4 is 21.7 Å². The van der Waals surface area contributed by atoms with Crippen LogP contribution in [0.4, 0.5) is 29.4 Å². The highest BCUT2D eigenvalue weighted by Crippen LogP contribution is 2.40. The maximum Gasteiger partial charge on any atom is 0.223 e. The summed E-state index contributed by atoms with van der Waals surface area (Å²) >= 11 is 0. The van der Waals surface area contributed by atoms with Crippen LogP contribution in [0.25, 0.3) is 11.4 Å². The van der Waals surface area contributed by atoms with E-state index in [-0.39, 0.29) is 11.9 Å². The molecule has 0 bridgehead atoms. The van der Waals surface area contributed by atoms with Gasteiger partial charge in [-0.25, -0.2) is 9.97 Å². The summed E-state index contributed by atoms with van der Waals surface area (Å²) in [6.07, 6.45) is 4.37. The Morgan fingerprint density at radius 2 is 1.89 bits per heavy atom. The highest BCUT2D eigenvalue weighted by molar-refractivity contribution is 5.67. The molecule has 0 spiro atoms. The van der Waals surface area contributed by atoms with Crippen LogP contribution in [0.1, 0.15) is 35.8 Å². The third kappa shape index (κ3) is 4.64. The van der Waals surface area contributed by atoms with Crippen LogP contribution in [0.15, 0.2) is 28.9 Å². The monoisotopic (exact) mass is 488 g/mol. The quantitative estimate of drug-likeness (QED) is 0.297. The first-order chi connectivity index (χ1) is 17.5. The molecule has 0 radical (unpaired) electrons. The molecule has 5 heterocycles. The molecule has 0 unspecified atom stereocenters. The summed E-state index contributed by atoms with van der Waals surface area (Å²) < 4.78 is 5.69. The lowest BCUT2D eigenvalue weighted by Crippen LogP contribution is -2.45. The SMILES string of the molecule is CN1CCN(c2nc(N)nc(Nc3cc(C4CC4)[nH]n3)c2Cc2cc(-c3ccnc(N)n3)no2)CC1. The van der Waals surface area contributed by atoms with Gasteiger partial charge in [0.1, 0.15) is 23.1 Å². The number of anilines is 5. The molecule has 13 heteroatoms. The molecule has 1 aliphatic carbocycles. The van der Waals surface area contributed by atoms with E-state index in [9.17, 15) is 0 Å². The maximum absolute atomic E-state index is 6.18. The van der Waals surface area contributed by atoms with Crippen molar-refractivity contribution in [1.82, 2.24) is 40.2 Å². The maximum atomic E-state index is 6.18. The molecule has 186 valence electrons. The molecule has 4 aromatic heterocycles. The van der Waals surface area contributed by atoms with Gasteiger partial charge >= 0.3 is 0 Å². The zero-order valence-corrected chi connectivity index (χ0v) is 20.0. The van der Waals surface area contributed by atoms with Crippen LogP contribution in [0.5, 0.6) is 0 Å². The molecule has 36 heavy (non-hydrogen) atoms. The van der Waals surface area contributed by atoms with E-state index in [1.165, 1.54) is 12.8 Å². The molecule has 0 atom stereocenters. The number of nitrogens with one attached hydrogen (secondary N) is 2. The first-order valence-corrected chi connectivity index (χ1v) is 12.0. The summed E-state index contributed by atoms with van der Waals surface area (Å²) in [6.45, 7) is 3.51. The summed E-state index contributed by atoms with van der Waals surface area (Å²) in [6, 6.07) is 5.61. The van der Waals surface area contributed by atoms with Gasteiger partial charge in [0, 0.05) is 68.1 Å². The number of piperazine rings is 1. The summed E-state index contributed by atoms with van der Waals surface area (Å²) in [4.78, 5) is 21.9. The Bertz CT molecular complexity index is 1370. The van der Waals surface area contributed by atoms with Crippen LogP contribution in [0.3, 0.4) is 0 Å². The van der Waals surface area contributed by atoms with Gasteiger partial charge < -0.3 is 31.1 Å². The third-order valence-electron chi connectivity index (χ3n) is 6.51. The van der Waals surface area contributed by atoms with Crippen LogP contribution >= 0.6 is 0 Å². The largest absolute Gasteiger partial charge is 0.368 e. The van der Waals surface area contributed by atoms with Crippen molar-refractivity contribution in [3.05, 3.63) is 41.4 Å². The van der Waals surface area contributed by atoms with Gasteiger partial charge in [-0.3, -0.25) is 5.10 Å². The number of nitrogen functional groups attached to an aromatic ring is 2. The molecule has 13 nitrogen and oxygen atoms in total. The molecule has 2 aliphatic rings. The number of rotatable bonds is 7. The molecule has 1 saturated heterocycles. The minimum Gasteiger partial charge on any atom is -0.368 e. The van der Waals surface area contributed by atoms with E-state index in [1.807, 2.05) is 12.1 Å². The predicted molar refractivity (Wildman–Crippen MR) is 135 cm³/mol. The van der Waals surface area contributed by atoms with Crippen molar-refractivity contribution in [3.8, 4) is 11.4 Å². The first kappa shape index (κ1) is 22.2. The Hall–Kier alpha value is -4.26. The second-order valence-electron chi connectivity index (χ2n) is 9.29. The minimum atomic E-state index is 0.178. The number of hydrogen-bond acceptors (Lipinski definition) is 12.